The van der Waals surface area contributed by atoms with Gasteiger partial charge in [0.05, 0.1) is 19.8 Å². The molecule has 0 saturated heterocycles. The molecule has 61 heavy (non-hydrogen) atoms. The Morgan fingerprint density at radius 3 is 1.02 bits per heavy atom. The molecule has 0 radical (unpaired) electrons. The number of carbonyl (C=O) groups is 2. The Labute approximate surface area is 373 Å². The monoisotopic (exact) mass is 846 g/mol. The second-order valence-electron chi connectivity index (χ2n) is 17.1. The third kappa shape index (κ3) is 28.5. The highest BCUT2D eigenvalue weighted by Crippen LogP contribution is 2.39. The lowest BCUT2D eigenvalue weighted by atomic mass is 10.1. The highest BCUT2D eigenvalue weighted by atomic mass is 16.5. The summed E-state index contributed by atoms with van der Waals surface area (Å²) >= 11 is 0. The molecule has 8 heteroatoms. The molecule has 1 aromatic heterocycles. The zero-order valence-electron chi connectivity index (χ0n) is 39.6. The van der Waals surface area contributed by atoms with E-state index in [0.717, 1.165) is 44.1 Å². The number of hydrogen-bond donors (Lipinski definition) is 2. The van der Waals surface area contributed by atoms with E-state index in [9.17, 15) is 9.59 Å². The van der Waals surface area contributed by atoms with Gasteiger partial charge in [0.2, 0.25) is 17.6 Å². The average Bonchev–Trinajstić information content (AvgIpc) is 3.23. The van der Waals surface area contributed by atoms with Gasteiger partial charge in [-0.3, -0.25) is 9.59 Å². The minimum absolute atomic E-state index is 0.256. The van der Waals surface area contributed by atoms with Gasteiger partial charge in [0.25, 0.3) is 0 Å². The number of rotatable bonds is 38. The summed E-state index contributed by atoms with van der Waals surface area (Å²) < 4.78 is 19.7. The number of amides is 2. The molecule has 2 N–H and O–H groups in total. The first-order chi connectivity index (χ1) is 29.9. The third-order valence-electron chi connectivity index (χ3n) is 11.1. The number of aromatic nitrogens is 1. The first-order valence-electron chi connectivity index (χ1n) is 25.0. The van der Waals surface area contributed by atoms with Gasteiger partial charge in [-0.1, -0.05) is 206 Å². The maximum Gasteiger partial charge on any atom is 0.222 e. The smallest absolute Gasteiger partial charge is 0.222 e. The number of benzene rings is 1. The maximum absolute atomic E-state index is 11.9. The molecule has 0 aliphatic rings. The molecule has 0 saturated carbocycles. The van der Waals surface area contributed by atoms with E-state index >= 15 is 0 Å². The second kappa shape index (κ2) is 36.9. The summed E-state index contributed by atoms with van der Waals surface area (Å²) in [5.41, 5.74) is 1.34. The zero-order valence-corrected chi connectivity index (χ0v) is 39.6. The molecule has 344 valence electrons. The molecule has 2 rings (SSSR count). The van der Waals surface area contributed by atoms with Crippen molar-refractivity contribution < 1.29 is 23.8 Å². The van der Waals surface area contributed by atoms with Gasteiger partial charge in [0, 0.05) is 25.0 Å². The summed E-state index contributed by atoms with van der Waals surface area (Å²) in [6, 6.07) is 7.34. The fourth-order valence-electron chi connectivity index (χ4n) is 7.55. The van der Waals surface area contributed by atoms with E-state index in [1.165, 1.54) is 168 Å². The van der Waals surface area contributed by atoms with Crippen LogP contribution in [-0.2, 0) is 9.59 Å². The minimum atomic E-state index is -0.256. The number of hydrogen-bond acceptors (Lipinski definition) is 6. The first kappa shape index (κ1) is 53.4. The van der Waals surface area contributed by atoms with Gasteiger partial charge >= 0.3 is 0 Å². The molecular weight excluding hydrogens is 759 g/mol. The fraction of sp³-hybridized carbons (Fsp3) is 0.717. The highest BCUT2D eigenvalue weighted by molar-refractivity contribution is 5.90. The summed E-state index contributed by atoms with van der Waals surface area (Å²) in [6.07, 6.45) is 38.0. The SMILES string of the molecule is CCCCCCCCCCCCOc1cc(C#Cc2cc(NC(C)=O)nc(NC(C)=O)c2)cc(OCCCCCCCCCCCC)c1OCCCCCCCCCCCC. The molecule has 2 amide bonds. The predicted octanol–water partition coefficient (Wildman–Crippen LogP) is 15.3. The Morgan fingerprint density at radius 2 is 0.705 bits per heavy atom. The molecule has 0 spiro atoms. The van der Waals surface area contributed by atoms with Crippen molar-refractivity contribution in [2.24, 2.45) is 0 Å². The van der Waals surface area contributed by atoms with Crippen LogP contribution < -0.4 is 24.8 Å². The van der Waals surface area contributed by atoms with Crippen LogP contribution in [0.4, 0.5) is 11.6 Å². The van der Waals surface area contributed by atoms with Crippen molar-refractivity contribution in [2.75, 3.05) is 30.5 Å². The van der Waals surface area contributed by atoms with Crippen LogP contribution in [0.3, 0.4) is 0 Å². The molecule has 1 aromatic carbocycles. The molecule has 8 nitrogen and oxygen atoms in total. The van der Waals surface area contributed by atoms with Crippen LogP contribution in [0.5, 0.6) is 17.2 Å². The van der Waals surface area contributed by atoms with Crippen molar-refractivity contribution in [1.29, 1.82) is 0 Å². The molecule has 0 aliphatic carbocycles. The fourth-order valence-corrected chi connectivity index (χ4v) is 7.55. The van der Waals surface area contributed by atoms with Crippen molar-refractivity contribution in [1.82, 2.24) is 4.98 Å². The van der Waals surface area contributed by atoms with Gasteiger partial charge in [-0.25, -0.2) is 4.98 Å². The summed E-state index contributed by atoms with van der Waals surface area (Å²) in [5.74, 6) is 8.67. The molecule has 1 heterocycles. The number of nitrogens with one attached hydrogen (secondary N) is 2. The second-order valence-corrected chi connectivity index (χ2v) is 17.1. The Balaban J connectivity index is 2.24. The predicted molar refractivity (Wildman–Crippen MR) is 257 cm³/mol. The number of ether oxygens (including phenoxy) is 3. The van der Waals surface area contributed by atoms with E-state index in [0.29, 0.717) is 54.3 Å². The number of nitrogens with zero attached hydrogens (tertiary/aromatic N) is 1. The van der Waals surface area contributed by atoms with E-state index in [1.54, 1.807) is 12.1 Å². The molecular formula is C53H87N3O5. The van der Waals surface area contributed by atoms with Crippen LogP contribution in [0, 0.1) is 11.8 Å². The molecule has 2 aromatic rings. The van der Waals surface area contributed by atoms with E-state index in [4.69, 9.17) is 14.2 Å². The van der Waals surface area contributed by atoms with Crippen LogP contribution in [0.25, 0.3) is 0 Å². The van der Waals surface area contributed by atoms with E-state index in [1.807, 2.05) is 12.1 Å². The Bertz CT molecular complexity index is 1420. The number of unbranched alkanes of at least 4 members (excludes halogenated alkanes) is 27. The van der Waals surface area contributed by atoms with Crippen molar-refractivity contribution in [2.45, 2.75) is 227 Å². The molecule has 0 fully saturated rings. The summed E-state index contributed by atoms with van der Waals surface area (Å²) in [4.78, 5) is 28.1. The quantitative estimate of drug-likeness (QED) is 0.0516. The van der Waals surface area contributed by atoms with Crippen molar-refractivity contribution in [3.8, 4) is 29.1 Å². The lowest BCUT2D eigenvalue weighted by Crippen LogP contribution is -2.11. The van der Waals surface area contributed by atoms with E-state index < -0.39 is 0 Å². The van der Waals surface area contributed by atoms with Crippen LogP contribution in [0.15, 0.2) is 24.3 Å². The summed E-state index contributed by atoms with van der Waals surface area (Å²) in [7, 11) is 0. The van der Waals surface area contributed by atoms with Gasteiger partial charge in [-0.05, 0) is 43.5 Å². The molecule has 0 atom stereocenters. The standard InChI is InChI=1S/C53H87N3O5/c1-6-9-12-15-18-21-24-27-30-33-38-59-49-41-47(36-37-48-43-51(54-45(4)57)56-52(44-48)55-46(5)58)42-50(60-39-34-31-28-25-22-19-16-13-10-7-2)53(49)61-40-35-32-29-26-23-20-17-14-11-8-3/h41-44H,6-35,38-40H2,1-5H3,(H2,54,55,56,57,58). The number of pyridine rings is 1. The number of carbonyl (C=O) groups excluding carboxylic acids is 2. The zero-order chi connectivity index (χ0) is 44.0. The Hall–Kier alpha value is -3.73. The lowest BCUT2D eigenvalue weighted by molar-refractivity contribution is -0.115. The maximum atomic E-state index is 11.9. The minimum Gasteiger partial charge on any atom is -0.490 e. The van der Waals surface area contributed by atoms with E-state index in [2.05, 4.69) is 48.2 Å². The van der Waals surface area contributed by atoms with Gasteiger partial charge in [-0.15, -0.1) is 0 Å². The number of anilines is 2. The van der Waals surface area contributed by atoms with Gasteiger partial charge < -0.3 is 24.8 Å². The van der Waals surface area contributed by atoms with E-state index in [-0.39, 0.29) is 11.8 Å². The van der Waals surface area contributed by atoms with Crippen LogP contribution in [0.1, 0.15) is 238 Å². The largest absolute Gasteiger partial charge is 0.490 e. The normalized spacial score (nSPS) is 10.9. The molecule has 0 unspecified atom stereocenters. The summed E-state index contributed by atoms with van der Waals surface area (Å²) in [5, 5.41) is 5.43. The Kier molecular flexibility index (Phi) is 32.3. The van der Waals surface area contributed by atoms with Crippen molar-refractivity contribution in [3.05, 3.63) is 35.4 Å². The van der Waals surface area contributed by atoms with Crippen LogP contribution in [-0.4, -0.2) is 36.6 Å². The lowest BCUT2D eigenvalue weighted by Gasteiger charge is -2.18. The van der Waals surface area contributed by atoms with Crippen molar-refractivity contribution >= 4 is 23.5 Å². The summed E-state index contributed by atoms with van der Waals surface area (Å²) in [6.45, 7) is 11.5. The molecule has 0 bridgehead atoms. The van der Waals surface area contributed by atoms with Gasteiger partial charge in [-0.2, -0.15) is 0 Å². The Morgan fingerprint density at radius 1 is 0.426 bits per heavy atom. The van der Waals surface area contributed by atoms with Gasteiger partial charge in [0.1, 0.15) is 11.6 Å². The molecule has 0 aliphatic heterocycles. The third-order valence-corrected chi connectivity index (χ3v) is 11.1. The van der Waals surface area contributed by atoms with Crippen LogP contribution >= 0.6 is 0 Å². The van der Waals surface area contributed by atoms with Gasteiger partial charge in [0.15, 0.2) is 11.5 Å². The van der Waals surface area contributed by atoms with Crippen molar-refractivity contribution in [3.63, 3.8) is 0 Å². The first-order valence-corrected chi connectivity index (χ1v) is 25.0. The topological polar surface area (TPSA) is 98.8 Å². The average molecular weight is 846 g/mol. The van der Waals surface area contributed by atoms with Crippen LogP contribution in [0.2, 0.25) is 0 Å². The highest BCUT2D eigenvalue weighted by Gasteiger charge is 2.16.